The van der Waals surface area contributed by atoms with E-state index in [0.29, 0.717) is 18.2 Å². The molecular formula is C16H20N2O3S. The summed E-state index contributed by atoms with van der Waals surface area (Å²) in [6.07, 6.45) is 2.49. The first-order valence-corrected chi connectivity index (χ1v) is 8.53. The molecule has 5 nitrogen and oxygen atoms in total. The Labute approximate surface area is 134 Å². The van der Waals surface area contributed by atoms with Crippen LogP contribution in [-0.2, 0) is 11.3 Å². The lowest BCUT2D eigenvalue weighted by atomic mass is 10.1. The van der Waals surface area contributed by atoms with E-state index in [9.17, 15) is 9.59 Å². The zero-order valence-electron chi connectivity index (χ0n) is 12.6. The summed E-state index contributed by atoms with van der Waals surface area (Å²) < 4.78 is 5.89. The second kappa shape index (κ2) is 6.60. The second-order valence-corrected chi connectivity index (χ2v) is 6.87. The molecule has 118 valence electrons. The molecule has 1 aromatic rings. The molecular weight excluding hydrogens is 300 g/mol. The van der Waals surface area contributed by atoms with Gasteiger partial charge in [-0.3, -0.25) is 9.59 Å². The molecule has 1 saturated heterocycles. The minimum absolute atomic E-state index is 0.135. The normalized spacial score (nSPS) is 20.6. The fourth-order valence-electron chi connectivity index (χ4n) is 2.27. The molecule has 2 amide bonds. The lowest BCUT2D eigenvalue weighted by molar-refractivity contribution is -0.122. The van der Waals surface area contributed by atoms with E-state index in [1.165, 1.54) is 12.8 Å². The largest absolute Gasteiger partial charge is 0.493 e. The molecule has 0 spiro atoms. The van der Waals surface area contributed by atoms with Gasteiger partial charge in [-0.1, -0.05) is 23.9 Å². The van der Waals surface area contributed by atoms with E-state index in [0.717, 1.165) is 35.2 Å². The van der Waals surface area contributed by atoms with Gasteiger partial charge in [0.1, 0.15) is 11.8 Å². The lowest BCUT2D eigenvalue weighted by Crippen LogP contribution is -2.42. The molecule has 0 bridgehead atoms. The average molecular weight is 320 g/mol. The third kappa shape index (κ3) is 3.94. The number of carbonyl (C=O) groups is 2. The van der Waals surface area contributed by atoms with Gasteiger partial charge in [0.05, 0.1) is 6.61 Å². The molecule has 1 aromatic carbocycles. The summed E-state index contributed by atoms with van der Waals surface area (Å²) in [5.41, 5.74) is 2.11. The van der Waals surface area contributed by atoms with Crippen molar-refractivity contribution in [1.29, 1.82) is 0 Å². The predicted octanol–water partition coefficient (Wildman–Crippen LogP) is 2.23. The average Bonchev–Trinajstić information content (AvgIpc) is 3.23. The van der Waals surface area contributed by atoms with Crippen LogP contribution in [0.15, 0.2) is 18.2 Å². The summed E-state index contributed by atoms with van der Waals surface area (Å²) in [5.74, 6) is 1.88. The van der Waals surface area contributed by atoms with Crippen LogP contribution < -0.4 is 15.4 Å². The number of aryl methyl sites for hydroxylation is 1. The molecule has 0 radical (unpaired) electrons. The van der Waals surface area contributed by atoms with Gasteiger partial charge in [-0.2, -0.15) is 0 Å². The van der Waals surface area contributed by atoms with Crippen molar-refractivity contribution in [3.8, 4) is 5.75 Å². The highest BCUT2D eigenvalue weighted by Crippen LogP contribution is 2.30. The first-order chi connectivity index (χ1) is 10.6. The maximum atomic E-state index is 12.0. The number of ether oxygens (including phenoxy) is 1. The van der Waals surface area contributed by atoms with Crippen molar-refractivity contribution < 1.29 is 14.3 Å². The van der Waals surface area contributed by atoms with Gasteiger partial charge in [0.25, 0.3) is 5.24 Å². The number of carbonyl (C=O) groups excluding carboxylic acids is 2. The van der Waals surface area contributed by atoms with Gasteiger partial charge < -0.3 is 15.4 Å². The molecule has 22 heavy (non-hydrogen) atoms. The number of benzene rings is 1. The summed E-state index contributed by atoms with van der Waals surface area (Å²) >= 11 is 1.14. The number of rotatable bonds is 6. The lowest BCUT2D eigenvalue weighted by Gasteiger charge is -2.14. The number of thioether (sulfide) groups is 1. The van der Waals surface area contributed by atoms with Crippen molar-refractivity contribution in [1.82, 2.24) is 10.6 Å². The van der Waals surface area contributed by atoms with Crippen LogP contribution in [0, 0.1) is 12.8 Å². The fraction of sp³-hybridized carbons (Fsp3) is 0.500. The van der Waals surface area contributed by atoms with Gasteiger partial charge >= 0.3 is 0 Å². The van der Waals surface area contributed by atoms with E-state index in [1.807, 2.05) is 25.1 Å². The summed E-state index contributed by atoms with van der Waals surface area (Å²) in [4.78, 5) is 23.2. The monoisotopic (exact) mass is 320 g/mol. The van der Waals surface area contributed by atoms with E-state index >= 15 is 0 Å². The molecule has 1 heterocycles. The van der Waals surface area contributed by atoms with E-state index in [4.69, 9.17) is 4.74 Å². The number of nitrogens with one attached hydrogen (secondary N) is 2. The molecule has 1 unspecified atom stereocenters. The Hall–Kier alpha value is -1.69. The van der Waals surface area contributed by atoms with Crippen LogP contribution in [0.1, 0.15) is 24.0 Å². The van der Waals surface area contributed by atoms with Crippen LogP contribution in [0.2, 0.25) is 0 Å². The van der Waals surface area contributed by atoms with E-state index < -0.39 is 6.04 Å². The summed E-state index contributed by atoms with van der Waals surface area (Å²) in [7, 11) is 0. The summed E-state index contributed by atoms with van der Waals surface area (Å²) in [6.45, 7) is 3.19. The predicted molar refractivity (Wildman–Crippen MR) is 86.0 cm³/mol. The van der Waals surface area contributed by atoms with Crippen molar-refractivity contribution in [3.63, 3.8) is 0 Å². The smallest absolute Gasteiger partial charge is 0.279 e. The third-order valence-electron chi connectivity index (χ3n) is 3.84. The maximum absolute atomic E-state index is 12.0. The van der Waals surface area contributed by atoms with Crippen molar-refractivity contribution in [2.45, 2.75) is 32.4 Å². The van der Waals surface area contributed by atoms with E-state index in [-0.39, 0.29) is 11.1 Å². The molecule has 2 N–H and O–H groups in total. The van der Waals surface area contributed by atoms with Crippen LogP contribution in [-0.4, -0.2) is 29.5 Å². The Balaban J connectivity index is 1.58. The number of hydrogen-bond acceptors (Lipinski definition) is 4. The molecule has 3 rings (SSSR count). The number of hydrogen-bond donors (Lipinski definition) is 2. The second-order valence-electron chi connectivity index (χ2n) is 5.88. The quantitative estimate of drug-likeness (QED) is 0.843. The van der Waals surface area contributed by atoms with Gasteiger partial charge in [0, 0.05) is 17.9 Å². The minimum Gasteiger partial charge on any atom is -0.493 e. The Bertz CT molecular complexity index is 587. The van der Waals surface area contributed by atoms with Crippen LogP contribution in [0.25, 0.3) is 0 Å². The van der Waals surface area contributed by atoms with Crippen LogP contribution in [0.4, 0.5) is 4.79 Å². The highest BCUT2D eigenvalue weighted by Gasteiger charge is 2.28. The highest BCUT2D eigenvalue weighted by atomic mass is 32.2. The Kier molecular flexibility index (Phi) is 4.57. The first kappa shape index (κ1) is 15.2. The van der Waals surface area contributed by atoms with Gasteiger partial charge in [0.2, 0.25) is 5.91 Å². The number of amides is 2. The Morgan fingerprint density at radius 1 is 1.45 bits per heavy atom. The maximum Gasteiger partial charge on any atom is 0.279 e. The first-order valence-electron chi connectivity index (χ1n) is 7.55. The molecule has 1 aliphatic heterocycles. The van der Waals surface area contributed by atoms with Crippen molar-refractivity contribution in [3.05, 3.63) is 29.3 Å². The molecule has 1 saturated carbocycles. The Morgan fingerprint density at radius 2 is 2.27 bits per heavy atom. The van der Waals surface area contributed by atoms with Crippen molar-refractivity contribution in [2.24, 2.45) is 5.92 Å². The summed E-state index contributed by atoms with van der Waals surface area (Å²) in [5, 5.41) is 5.39. The molecule has 6 heteroatoms. The zero-order chi connectivity index (χ0) is 15.5. The van der Waals surface area contributed by atoms with Crippen LogP contribution in [0.3, 0.4) is 0 Å². The summed E-state index contributed by atoms with van der Waals surface area (Å²) in [6, 6.07) is 5.58. The highest BCUT2D eigenvalue weighted by molar-refractivity contribution is 8.14. The van der Waals surface area contributed by atoms with E-state index in [1.54, 1.807) is 0 Å². The fourth-order valence-corrected chi connectivity index (χ4v) is 3.04. The standard InChI is InChI=1S/C16H20N2O3S/c1-10-2-5-12(14(6-10)21-8-11-3-4-11)7-17-15(19)13-9-22-16(20)18-13/h2,5-6,11,13H,3-4,7-9H2,1H3,(H,17,19)(H,18,20). The topological polar surface area (TPSA) is 67.4 Å². The Morgan fingerprint density at radius 3 is 2.95 bits per heavy atom. The van der Waals surface area contributed by atoms with Gasteiger partial charge in [-0.05, 0) is 37.3 Å². The third-order valence-corrected chi connectivity index (χ3v) is 4.72. The molecule has 0 aromatic heterocycles. The van der Waals surface area contributed by atoms with Gasteiger partial charge in [-0.25, -0.2) is 0 Å². The zero-order valence-corrected chi connectivity index (χ0v) is 13.4. The molecule has 1 aliphatic carbocycles. The van der Waals surface area contributed by atoms with Gasteiger partial charge in [0.15, 0.2) is 0 Å². The molecule has 2 fully saturated rings. The molecule has 1 atom stereocenters. The van der Waals surface area contributed by atoms with E-state index in [2.05, 4.69) is 10.6 Å². The minimum atomic E-state index is -0.432. The SMILES string of the molecule is Cc1ccc(CNC(=O)C2CSC(=O)N2)c(OCC2CC2)c1. The van der Waals surface area contributed by atoms with Crippen LogP contribution >= 0.6 is 11.8 Å². The van der Waals surface area contributed by atoms with Gasteiger partial charge in [-0.15, -0.1) is 0 Å². The van der Waals surface area contributed by atoms with Crippen LogP contribution in [0.5, 0.6) is 5.75 Å². The van der Waals surface area contributed by atoms with Crippen molar-refractivity contribution in [2.75, 3.05) is 12.4 Å². The molecule has 2 aliphatic rings. The van der Waals surface area contributed by atoms with Crippen molar-refractivity contribution >= 4 is 22.9 Å².